The maximum absolute atomic E-state index is 4.66. The van der Waals surface area contributed by atoms with E-state index in [1.165, 1.54) is 18.4 Å². The van der Waals surface area contributed by atoms with Crippen molar-refractivity contribution in [1.29, 1.82) is 0 Å². The minimum Gasteiger partial charge on any atom is -0.330 e. The topological polar surface area (TPSA) is 33.1 Å². The van der Waals surface area contributed by atoms with Gasteiger partial charge in [0.05, 0.1) is 17.6 Å². The summed E-state index contributed by atoms with van der Waals surface area (Å²) in [5.74, 6) is 1.11. The van der Waals surface area contributed by atoms with Crippen molar-refractivity contribution in [2.75, 3.05) is 20.1 Å². The highest BCUT2D eigenvalue weighted by Gasteiger charge is 2.25. The van der Waals surface area contributed by atoms with E-state index in [9.17, 15) is 0 Å². The molecule has 3 rings (SSSR count). The molecule has 0 radical (unpaired) electrons. The molecule has 0 aliphatic heterocycles. The van der Waals surface area contributed by atoms with Gasteiger partial charge in [-0.3, -0.25) is 0 Å². The van der Waals surface area contributed by atoms with Gasteiger partial charge in [-0.25, -0.2) is 4.98 Å². The summed E-state index contributed by atoms with van der Waals surface area (Å²) >= 11 is 0. The summed E-state index contributed by atoms with van der Waals surface area (Å²) in [6, 6.07) is 9.13. The zero-order valence-corrected chi connectivity index (χ0v) is 11.8. The van der Waals surface area contributed by atoms with Crippen LogP contribution in [0.5, 0.6) is 0 Å². The van der Waals surface area contributed by atoms with E-state index in [0.717, 1.165) is 37.0 Å². The highest BCUT2D eigenvalue weighted by atomic mass is 15.2. The summed E-state index contributed by atoms with van der Waals surface area (Å²) in [5.41, 5.74) is 2.28. The van der Waals surface area contributed by atoms with Crippen molar-refractivity contribution in [3.05, 3.63) is 30.1 Å². The average Bonchev–Trinajstić information content (AvgIpc) is 3.22. The number of nitrogens with zero attached hydrogens (tertiary/aromatic N) is 3. The van der Waals surface area contributed by atoms with Crippen LogP contribution < -0.4 is 5.32 Å². The van der Waals surface area contributed by atoms with Crippen LogP contribution in [0.25, 0.3) is 11.0 Å². The molecule has 2 aromatic rings. The molecule has 1 heterocycles. The van der Waals surface area contributed by atoms with E-state index in [1.54, 1.807) is 0 Å². The Kier molecular flexibility index (Phi) is 3.53. The predicted octanol–water partition coefficient (Wildman–Crippen LogP) is 1.76. The van der Waals surface area contributed by atoms with E-state index >= 15 is 0 Å². The molecular formula is C15H22N4. The molecule has 1 saturated carbocycles. The molecule has 1 aromatic carbocycles. The van der Waals surface area contributed by atoms with Crippen molar-refractivity contribution in [3.8, 4) is 0 Å². The summed E-state index contributed by atoms with van der Waals surface area (Å²) in [6.45, 7) is 2.98. The van der Waals surface area contributed by atoms with Crippen LogP contribution in [0.3, 0.4) is 0 Å². The zero-order valence-electron chi connectivity index (χ0n) is 11.8. The molecule has 0 saturated heterocycles. The van der Waals surface area contributed by atoms with Crippen molar-refractivity contribution in [2.45, 2.75) is 25.4 Å². The van der Waals surface area contributed by atoms with Crippen LogP contribution >= 0.6 is 0 Å². The third-order valence-corrected chi connectivity index (χ3v) is 3.97. The van der Waals surface area contributed by atoms with Gasteiger partial charge in [-0.15, -0.1) is 0 Å². The molecule has 1 aromatic heterocycles. The van der Waals surface area contributed by atoms with Gasteiger partial charge in [-0.2, -0.15) is 0 Å². The Morgan fingerprint density at radius 1 is 1.37 bits per heavy atom. The number of imidazole rings is 1. The molecule has 1 N–H and O–H groups in total. The fourth-order valence-corrected chi connectivity index (χ4v) is 2.51. The lowest BCUT2D eigenvalue weighted by molar-refractivity contribution is 0.321. The van der Waals surface area contributed by atoms with Crippen LogP contribution in [0, 0.1) is 0 Å². The first-order valence-corrected chi connectivity index (χ1v) is 7.07. The van der Waals surface area contributed by atoms with Gasteiger partial charge in [-0.1, -0.05) is 12.1 Å². The second-order valence-corrected chi connectivity index (χ2v) is 5.46. The van der Waals surface area contributed by atoms with Crippen molar-refractivity contribution < 1.29 is 0 Å². The molecule has 19 heavy (non-hydrogen) atoms. The number of benzene rings is 1. The quantitative estimate of drug-likeness (QED) is 0.802. The lowest BCUT2D eigenvalue weighted by Crippen LogP contribution is -2.30. The minimum atomic E-state index is 0.837. The monoisotopic (exact) mass is 258 g/mol. The number of nitrogens with one attached hydrogen (secondary N) is 1. The summed E-state index contributed by atoms with van der Waals surface area (Å²) in [5, 5.41) is 3.49. The number of fused-ring (bicyclic) bond motifs is 1. The van der Waals surface area contributed by atoms with Crippen LogP contribution in [0.2, 0.25) is 0 Å². The van der Waals surface area contributed by atoms with E-state index in [0.29, 0.717) is 0 Å². The fourth-order valence-electron chi connectivity index (χ4n) is 2.51. The van der Waals surface area contributed by atoms with Crippen LogP contribution in [-0.2, 0) is 13.6 Å². The van der Waals surface area contributed by atoms with Crippen molar-refractivity contribution in [2.24, 2.45) is 7.05 Å². The lowest BCUT2D eigenvalue weighted by atomic mass is 10.3. The maximum Gasteiger partial charge on any atom is 0.123 e. The van der Waals surface area contributed by atoms with E-state index in [4.69, 9.17) is 0 Å². The Morgan fingerprint density at radius 3 is 2.89 bits per heavy atom. The molecule has 1 aliphatic rings. The van der Waals surface area contributed by atoms with Crippen LogP contribution in [0.15, 0.2) is 24.3 Å². The minimum absolute atomic E-state index is 0.837. The third kappa shape index (κ3) is 2.80. The SMILES string of the molecule is CN(CCNCc1nc2ccccc2n1C)C1CC1. The largest absolute Gasteiger partial charge is 0.330 e. The van der Waals surface area contributed by atoms with E-state index in [-0.39, 0.29) is 0 Å². The van der Waals surface area contributed by atoms with E-state index < -0.39 is 0 Å². The average molecular weight is 258 g/mol. The Hall–Kier alpha value is -1.39. The van der Waals surface area contributed by atoms with Gasteiger partial charge in [-0.05, 0) is 32.0 Å². The molecule has 4 heteroatoms. The zero-order chi connectivity index (χ0) is 13.2. The summed E-state index contributed by atoms with van der Waals surface area (Å²) in [7, 11) is 4.30. The number of para-hydroxylation sites is 2. The van der Waals surface area contributed by atoms with Gasteiger partial charge in [0.2, 0.25) is 0 Å². The Labute approximate surface area is 114 Å². The van der Waals surface area contributed by atoms with Gasteiger partial charge < -0.3 is 14.8 Å². The summed E-state index contributed by atoms with van der Waals surface area (Å²) < 4.78 is 2.17. The van der Waals surface area contributed by atoms with Gasteiger partial charge in [0.1, 0.15) is 5.82 Å². The lowest BCUT2D eigenvalue weighted by Gasteiger charge is -2.15. The number of hydrogen-bond acceptors (Lipinski definition) is 3. The molecule has 1 fully saturated rings. The number of aryl methyl sites for hydroxylation is 1. The first-order chi connectivity index (χ1) is 9.25. The molecule has 0 bridgehead atoms. The first-order valence-electron chi connectivity index (χ1n) is 7.07. The Balaban J connectivity index is 1.54. The Morgan fingerprint density at radius 2 is 2.16 bits per heavy atom. The predicted molar refractivity (Wildman–Crippen MR) is 78.1 cm³/mol. The van der Waals surface area contributed by atoms with Crippen LogP contribution in [0.4, 0.5) is 0 Å². The fraction of sp³-hybridized carbons (Fsp3) is 0.533. The molecule has 0 atom stereocenters. The van der Waals surface area contributed by atoms with Gasteiger partial charge in [0.15, 0.2) is 0 Å². The Bertz CT molecular complexity index is 556. The molecular weight excluding hydrogens is 236 g/mol. The maximum atomic E-state index is 4.66. The van der Waals surface area contributed by atoms with Crippen LogP contribution in [0.1, 0.15) is 18.7 Å². The molecule has 0 spiro atoms. The second-order valence-electron chi connectivity index (χ2n) is 5.46. The normalized spacial score (nSPS) is 15.5. The number of aromatic nitrogens is 2. The second kappa shape index (κ2) is 5.31. The number of rotatable bonds is 6. The molecule has 102 valence electrons. The number of hydrogen-bond donors (Lipinski definition) is 1. The molecule has 4 nitrogen and oxygen atoms in total. The third-order valence-electron chi connectivity index (χ3n) is 3.97. The molecule has 1 aliphatic carbocycles. The van der Waals surface area contributed by atoms with E-state index in [1.807, 2.05) is 6.07 Å². The van der Waals surface area contributed by atoms with Crippen molar-refractivity contribution >= 4 is 11.0 Å². The number of likely N-dealkylation sites (N-methyl/N-ethyl adjacent to an activating group) is 1. The highest BCUT2D eigenvalue weighted by Crippen LogP contribution is 2.24. The van der Waals surface area contributed by atoms with Gasteiger partial charge >= 0.3 is 0 Å². The smallest absolute Gasteiger partial charge is 0.123 e. The molecule has 0 unspecified atom stereocenters. The van der Waals surface area contributed by atoms with Gasteiger partial charge in [0, 0.05) is 26.2 Å². The standard InChI is InChI=1S/C15H22N4/c1-18(12-7-8-12)10-9-16-11-15-17-13-5-3-4-6-14(13)19(15)2/h3-6,12,16H,7-11H2,1-2H3. The summed E-state index contributed by atoms with van der Waals surface area (Å²) in [6.07, 6.45) is 2.75. The van der Waals surface area contributed by atoms with Crippen LogP contribution in [-0.4, -0.2) is 40.6 Å². The highest BCUT2D eigenvalue weighted by molar-refractivity contribution is 5.75. The van der Waals surface area contributed by atoms with Crippen molar-refractivity contribution in [3.63, 3.8) is 0 Å². The first kappa shape index (κ1) is 12.6. The molecule has 0 amide bonds. The van der Waals surface area contributed by atoms with Gasteiger partial charge in [0.25, 0.3) is 0 Å². The summed E-state index contributed by atoms with van der Waals surface area (Å²) in [4.78, 5) is 7.11. The van der Waals surface area contributed by atoms with E-state index in [2.05, 4.69) is 52.1 Å². The van der Waals surface area contributed by atoms with Crippen molar-refractivity contribution in [1.82, 2.24) is 19.8 Å².